The molecule has 0 saturated carbocycles. The van der Waals surface area contributed by atoms with Crippen LogP contribution in [0.15, 0.2) is 48.7 Å². The summed E-state index contributed by atoms with van der Waals surface area (Å²) in [6.07, 6.45) is 3.99. The van der Waals surface area contributed by atoms with Gasteiger partial charge in [-0.1, -0.05) is 18.2 Å². The molecule has 1 aliphatic rings. The molecule has 1 N–H and O–H groups in total. The summed E-state index contributed by atoms with van der Waals surface area (Å²) in [5.74, 6) is 0.957. The van der Waals surface area contributed by atoms with E-state index >= 15 is 0 Å². The quantitative estimate of drug-likeness (QED) is 0.758. The van der Waals surface area contributed by atoms with Crippen LogP contribution in [-0.2, 0) is 0 Å². The summed E-state index contributed by atoms with van der Waals surface area (Å²) in [6.45, 7) is 0.866. The minimum absolute atomic E-state index is 0.866. The van der Waals surface area contributed by atoms with Crippen LogP contribution < -0.4 is 10.4 Å². The number of fused-ring (bicyclic) bond motifs is 1. The molecule has 1 aliphatic heterocycles. The Kier molecular flexibility index (Phi) is 1.81. The minimum atomic E-state index is 0.866. The maximum absolute atomic E-state index is 4.58. The Morgan fingerprint density at radius 1 is 1.13 bits per heavy atom. The summed E-state index contributed by atoms with van der Waals surface area (Å²) in [6, 6.07) is 12.3. The minimum Gasteiger partial charge on any atom is -0.304 e. The van der Waals surface area contributed by atoms with Crippen molar-refractivity contribution in [1.29, 1.82) is 0 Å². The number of hydrazine groups is 1. The summed E-state index contributed by atoms with van der Waals surface area (Å²) in [7, 11) is 0. The zero-order valence-electron chi connectivity index (χ0n) is 8.22. The second kappa shape index (κ2) is 3.28. The van der Waals surface area contributed by atoms with Crippen LogP contribution in [0.3, 0.4) is 0 Å². The van der Waals surface area contributed by atoms with Crippen molar-refractivity contribution < 1.29 is 0 Å². The standard InChI is InChI=1S/C12H11N3/c1-2-5-11-10(4-1)6-7-12(14-11)15-9-3-8-13-15/h1-8,13H,9H2. The van der Waals surface area contributed by atoms with Crippen molar-refractivity contribution >= 4 is 16.7 Å². The highest BCUT2D eigenvalue weighted by molar-refractivity contribution is 5.80. The van der Waals surface area contributed by atoms with Crippen LogP contribution in [0.2, 0.25) is 0 Å². The number of anilines is 1. The van der Waals surface area contributed by atoms with Gasteiger partial charge in [-0.2, -0.15) is 0 Å². The number of para-hydroxylation sites is 1. The molecular formula is C12H11N3. The van der Waals surface area contributed by atoms with Gasteiger partial charge in [0, 0.05) is 11.6 Å². The highest BCUT2D eigenvalue weighted by Crippen LogP contribution is 2.17. The van der Waals surface area contributed by atoms with E-state index < -0.39 is 0 Å². The molecule has 0 atom stereocenters. The number of rotatable bonds is 1. The zero-order chi connectivity index (χ0) is 10.1. The van der Waals surface area contributed by atoms with Gasteiger partial charge in [0.1, 0.15) is 5.82 Å². The van der Waals surface area contributed by atoms with Crippen LogP contribution in [0.1, 0.15) is 0 Å². The lowest BCUT2D eigenvalue weighted by atomic mass is 10.2. The van der Waals surface area contributed by atoms with Gasteiger partial charge in [0.2, 0.25) is 0 Å². The SMILES string of the molecule is C1=CNN(c2ccc3ccccc3n2)C1. The molecule has 1 aromatic carbocycles. The van der Waals surface area contributed by atoms with Crippen molar-refractivity contribution in [3.05, 3.63) is 48.7 Å². The molecule has 0 amide bonds. The van der Waals surface area contributed by atoms with E-state index in [-0.39, 0.29) is 0 Å². The highest BCUT2D eigenvalue weighted by atomic mass is 15.5. The van der Waals surface area contributed by atoms with E-state index in [0.29, 0.717) is 0 Å². The fourth-order valence-corrected chi connectivity index (χ4v) is 1.72. The maximum Gasteiger partial charge on any atom is 0.147 e. The molecule has 0 aliphatic carbocycles. The summed E-state index contributed by atoms with van der Waals surface area (Å²) in [5.41, 5.74) is 4.16. The van der Waals surface area contributed by atoms with Crippen molar-refractivity contribution in [2.24, 2.45) is 0 Å². The number of nitrogens with one attached hydrogen (secondary N) is 1. The third-order valence-electron chi connectivity index (χ3n) is 2.50. The molecule has 1 aromatic heterocycles. The summed E-state index contributed by atoms with van der Waals surface area (Å²) in [4.78, 5) is 4.58. The van der Waals surface area contributed by atoms with Crippen LogP contribution in [0.4, 0.5) is 5.82 Å². The van der Waals surface area contributed by atoms with Crippen LogP contribution in [0, 0.1) is 0 Å². The molecule has 2 aromatic rings. The highest BCUT2D eigenvalue weighted by Gasteiger charge is 2.08. The smallest absolute Gasteiger partial charge is 0.147 e. The molecule has 0 bridgehead atoms. The largest absolute Gasteiger partial charge is 0.304 e. The molecule has 0 unspecified atom stereocenters. The summed E-state index contributed by atoms with van der Waals surface area (Å²) >= 11 is 0. The first kappa shape index (κ1) is 8.29. The second-order valence-corrected chi connectivity index (χ2v) is 3.50. The van der Waals surface area contributed by atoms with E-state index in [1.807, 2.05) is 35.5 Å². The Morgan fingerprint density at radius 2 is 2.07 bits per heavy atom. The average molecular weight is 197 g/mol. The molecule has 3 heteroatoms. The molecule has 0 saturated heterocycles. The average Bonchev–Trinajstić information content (AvgIpc) is 2.82. The molecule has 0 radical (unpaired) electrons. The molecule has 3 nitrogen and oxygen atoms in total. The molecule has 0 spiro atoms. The molecule has 3 rings (SSSR count). The Bertz CT molecular complexity index is 511. The Labute approximate surface area is 88.0 Å². The van der Waals surface area contributed by atoms with Crippen LogP contribution in [0.5, 0.6) is 0 Å². The first-order valence-electron chi connectivity index (χ1n) is 4.98. The zero-order valence-corrected chi connectivity index (χ0v) is 8.22. The number of hydrogen-bond acceptors (Lipinski definition) is 3. The predicted molar refractivity (Wildman–Crippen MR) is 61.4 cm³/mol. The normalized spacial score (nSPS) is 14.5. The van der Waals surface area contributed by atoms with Gasteiger partial charge in [-0.05, 0) is 24.3 Å². The molecule has 15 heavy (non-hydrogen) atoms. The molecule has 0 fully saturated rings. The second-order valence-electron chi connectivity index (χ2n) is 3.50. The van der Waals surface area contributed by atoms with Gasteiger partial charge < -0.3 is 5.43 Å². The lowest BCUT2D eigenvalue weighted by Gasteiger charge is -2.17. The van der Waals surface area contributed by atoms with E-state index in [0.717, 1.165) is 17.9 Å². The van der Waals surface area contributed by atoms with Gasteiger partial charge in [0.05, 0.1) is 12.1 Å². The number of hydrogen-bond donors (Lipinski definition) is 1. The van der Waals surface area contributed by atoms with Gasteiger partial charge in [0.25, 0.3) is 0 Å². The van der Waals surface area contributed by atoms with E-state index in [2.05, 4.69) is 28.6 Å². The lowest BCUT2D eigenvalue weighted by Crippen LogP contribution is -2.30. The Hall–Kier alpha value is -2.03. The van der Waals surface area contributed by atoms with Gasteiger partial charge in [-0.25, -0.2) is 4.98 Å². The van der Waals surface area contributed by atoms with Crippen molar-refractivity contribution in [1.82, 2.24) is 10.4 Å². The first-order chi connectivity index (χ1) is 7.43. The number of nitrogens with zero attached hydrogens (tertiary/aromatic N) is 2. The number of pyridine rings is 1. The van der Waals surface area contributed by atoms with Gasteiger partial charge in [-0.15, -0.1) is 0 Å². The molecular weight excluding hydrogens is 186 g/mol. The van der Waals surface area contributed by atoms with Gasteiger partial charge in [-0.3, -0.25) is 5.01 Å². The van der Waals surface area contributed by atoms with Crippen LogP contribution in [-0.4, -0.2) is 11.5 Å². The van der Waals surface area contributed by atoms with Gasteiger partial charge >= 0.3 is 0 Å². The van der Waals surface area contributed by atoms with Gasteiger partial charge in [0.15, 0.2) is 0 Å². The maximum atomic E-state index is 4.58. The van der Waals surface area contributed by atoms with Crippen LogP contribution >= 0.6 is 0 Å². The summed E-state index contributed by atoms with van der Waals surface area (Å²) < 4.78 is 0. The number of aromatic nitrogens is 1. The molecule has 74 valence electrons. The van der Waals surface area contributed by atoms with E-state index in [9.17, 15) is 0 Å². The summed E-state index contributed by atoms with van der Waals surface area (Å²) in [5, 5.41) is 3.18. The first-order valence-corrected chi connectivity index (χ1v) is 4.98. The lowest BCUT2D eigenvalue weighted by molar-refractivity contribution is 0.824. The Balaban J connectivity index is 2.06. The number of benzene rings is 1. The fourth-order valence-electron chi connectivity index (χ4n) is 1.72. The van der Waals surface area contributed by atoms with Crippen LogP contribution in [0.25, 0.3) is 10.9 Å². The predicted octanol–water partition coefficient (Wildman–Crippen LogP) is 2.07. The monoisotopic (exact) mass is 197 g/mol. The van der Waals surface area contributed by atoms with E-state index in [1.54, 1.807) is 0 Å². The van der Waals surface area contributed by atoms with Crippen molar-refractivity contribution in [2.45, 2.75) is 0 Å². The topological polar surface area (TPSA) is 28.2 Å². The van der Waals surface area contributed by atoms with Crippen molar-refractivity contribution in [3.63, 3.8) is 0 Å². The van der Waals surface area contributed by atoms with E-state index in [4.69, 9.17) is 0 Å². The fraction of sp³-hybridized carbons (Fsp3) is 0.0833. The van der Waals surface area contributed by atoms with Crippen molar-refractivity contribution in [3.8, 4) is 0 Å². The van der Waals surface area contributed by atoms with E-state index in [1.165, 1.54) is 5.39 Å². The third kappa shape index (κ3) is 1.42. The van der Waals surface area contributed by atoms with Crippen molar-refractivity contribution in [2.75, 3.05) is 11.6 Å². The molecule has 2 heterocycles. The third-order valence-corrected chi connectivity index (χ3v) is 2.50. The Morgan fingerprint density at radius 3 is 2.93 bits per heavy atom.